The summed E-state index contributed by atoms with van der Waals surface area (Å²) >= 11 is 9.73. The smallest absolute Gasteiger partial charge is 0.151 e. The molecule has 0 spiro atoms. The van der Waals surface area contributed by atoms with Gasteiger partial charge < -0.3 is 10.1 Å². The number of hydrogen-bond donors (Lipinski definition) is 1. The zero-order chi connectivity index (χ0) is 25.5. The molecule has 0 aliphatic carbocycles. The number of halogens is 1. The van der Waals surface area contributed by atoms with Gasteiger partial charge in [-0.05, 0) is 83.0 Å². The number of aryl methyl sites for hydroxylation is 1. The molecule has 6 heteroatoms. The molecule has 1 saturated heterocycles. The Labute approximate surface area is 236 Å². The van der Waals surface area contributed by atoms with E-state index in [1.54, 1.807) is 11.3 Å². The quantitative estimate of drug-likeness (QED) is 0.145. The first-order chi connectivity index (χ1) is 18.7. The third kappa shape index (κ3) is 4.82. The molecule has 1 N–H and O–H groups in total. The van der Waals surface area contributed by atoms with Crippen LogP contribution in [0.25, 0.3) is 21.0 Å². The number of nitrogens with one attached hydrogen (secondary N) is 1. The van der Waals surface area contributed by atoms with Crippen LogP contribution in [0.15, 0.2) is 77.1 Å². The van der Waals surface area contributed by atoms with Gasteiger partial charge in [-0.15, -0.1) is 11.3 Å². The maximum atomic E-state index is 6.53. The Balaban J connectivity index is 1.04. The van der Waals surface area contributed by atoms with Crippen molar-refractivity contribution in [2.75, 3.05) is 12.4 Å². The average Bonchev–Trinajstić information content (AvgIpc) is 3.66. The fourth-order valence-corrected chi connectivity index (χ4v) is 8.20. The van der Waals surface area contributed by atoms with Gasteiger partial charge in [0.15, 0.2) is 4.34 Å². The zero-order valence-electron chi connectivity index (χ0n) is 21.1. The minimum atomic E-state index is 0.493. The first-order valence-corrected chi connectivity index (χ1v) is 15.6. The molecular weight excluding hydrogens is 528 g/mol. The van der Waals surface area contributed by atoms with Crippen molar-refractivity contribution in [3.8, 4) is 5.75 Å². The first-order valence-electron chi connectivity index (χ1n) is 13.4. The highest BCUT2D eigenvalue weighted by molar-refractivity contribution is 8.01. The second kappa shape index (κ2) is 10.5. The number of aromatic nitrogens is 1. The lowest BCUT2D eigenvalue weighted by atomic mass is 9.89. The largest absolute Gasteiger partial charge is 0.493 e. The van der Waals surface area contributed by atoms with Gasteiger partial charge in [0, 0.05) is 29.3 Å². The Kier molecular flexibility index (Phi) is 6.78. The Morgan fingerprint density at radius 1 is 0.921 bits per heavy atom. The molecule has 0 radical (unpaired) electrons. The van der Waals surface area contributed by atoms with Gasteiger partial charge in [-0.1, -0.05) is 71.9 Å². The highest BCUT2D eigenvalue weighted by Gasteiger charge is 2.37. The Morgan fingerprint density at radius 2 is 1.76 bits per heavy atom. The number of rotatable bonds is 9. The van der Waals surface area contributed by atoms with Crippen LogP contribution < -0.4 is 10.1 Å². The standard InChI is InChI=1S/C32H29ClN2OS2/c33-23-10-13-31-29(18-23)35-32(38-31)37-16-4-8-22-17-25-26(28-12-11-27(25)34-28)19-30(22)36-15-14-21-7-3-6-20-5-1-2-9-24(20)21/h1-3,5-7,9-10,13,17-19,27-28,34H,4,8,11-12,14-16H2/t27-,28+/m1/s1. The second-order valence-electron chi connectivity index (χ2n) is 10.2. The molecule has 0 amide bonds. The molecule has 7 rings (SSSR count). The van der Waals surface area contributed by atoms with E-state index in [1.807, 2.05) is 23.9 Å². The van der Waals surface area contributed by atoms with E-state index < -0.39 is 0 Å². The lowest BCUT2D eigenvalue weighted by Gasteiger charge is -2.19. The molecule has 3 nitrogen and oxygen atoms in total. The average molecular weight is 557 g/mol. The molecule has 192 valence electrons. The van der Waals surface area contributed by atoms with E-state index in [9.17, 15) is 0 Å². The van der Waals surface area contributed by atoms with Gasteiger partial charge in [0.25, 0.3) is 0 Å². The van der Waals surface area contributed by atoms with E-state index in [4.69, 9.17) is 21.3 Å². The number of thioether (sulfide) groups is 1. The van der Waals surface area contributed by atoms with Crippen molar-refractivity contribution in [3.63, 3.8) is 0 Å². The summed E-state index contributed by atoms with van der Waals surface area (Å²) in [5.41, 5.74) is 6.63. The minimum Gasteiger partial charge on any atom is -0.493 e. The van der Waals surface area contributed by atoms with Crippen molar-refractivity contribution in [2.45, 2.75) is 48.5 Å². The SMILES string of the molecule is Clc1ccc2sc(SCCCc3cc4c(cc3OCCc3cccc5ccccc35)[C@@H]3CC[C@H]4N3)nc2c1. The predicted molar refractivity (Wildman–Crippen MR) is 161 cm³/mol. The monoisotopic (exact) mass is 556 g/mol. The van der Waals surface area contributed by atoms with E-state index in [2.05, 4.69) is 66.0 Å². The van der Waals surface area contributed by atoms with Gasteiger partial charge in [0.1, 0.15) is 5.75 Å². The van der Waals surface area contributed by atoms with Gasteiger partial charge in [0.05, 0.1) is 16.8 Å². The van der Waals surface area contributed by atoms with Gasteiger partial charge in [-0.2, -0.15) is 0 Å². The molecule has 38 heavy (non-hydrogen) atoms. The molecule has 2 atom stereocenters. The van der Waals surface area contributed by atoms with Crippen LogP contribution in [0, 0.1) is 0 Å². The van der Waals surface area contributed by atoms with E-state index in [1.165, 1.54) is 50.6 Å². The van der Waals surface area contributed by atoms with Crippen LogP contribution >= 0.6 is 34.7 Å². The van der Waals surface area contributed by atoms with E-state index in [0.29, 0.717) is 18.7 Å². The summed E-state index contributed by atoms with van der Waals surface area (Å²) in [6, 6.07) is 26.9. The summed E-state index contributed by atoms with van der Waals surface area (Å²) < 4.78 is 8.84. The number of nitrogens with zero attached hydrogens (tertiary/aromatic N) is 1. The molecule has 5 aromatic rings. The minimum absolute atomic E-state index is 0.493. The van der Waals surface area contributed by atoms with Gasteiger partial charge >= 0.3 is 0 Å². The molecule has 4 aromatic carbocycles. The molecule has 1 fully saturated rings. The highest BCUT2D eigenvalue weighted by Crippen LogP contribution is 2.47. The fraction of sp³-hybridized carbons (Fsp3) is 0.281. The van der Waals surface area contributed by atoms with Gasteiger partial charge in [-0.25, -0.2) is 4.98 Å². The molecule has 2 aliphatic rings. The number of thiazole rings is 1. The molecule has 0 saturated carbocycles. The predicted octanol–water partition coefficient (Wildman–Crippen LogP) is 8.93. The summed E-state index contributed by atoms with van der Waals surface area (Å²) in [7, 11) is 0. The third-order valence-electron chi connectivity index (χ3n) is 7.82. The Hall–Kier alpha value is -2.57. The zero-order valence-corrected chi connectivity index (χ0v) is 23.5. The van der Waals surface area contributed by atoms with Gasteiger partial charge in [0.2, 0.25) is 0 Å². The van der Waals surface area contributed by atoms with Crippen LogP contribution in [0.4, 0.5) is 0 Å². The number of hydrogen-bond acceptors (Lipinski definition) is 5. The van der Waals surface area contributed by atoms with Crippen molar-refractivity contribution < 1.29 is 4.74 Å². The highest BCUT2D eigenvalue weighted by atomic mass is 35.5. The Morgan fingerprint density at radius 3 is 2.68 bits per heavy atom. The topological polar surface area (TPSA) is 34.1 Å². The van der Waals surface area contributed by atoms with Crippen LogP contribution in [0.3, 0.4) is 0 Å². The molecular formula is C32H29ClN2OS2. The van der Waals surface area contributed by atoms with E-state index in [0.717, 1.165) is 45.6 Å². The van der Waals surface area contributed by atoms with E-state index >= 15 is 0 Å². The maximum Gasteiger partial charge on any atom is 0.151 e. The first kappa shape index (κ1) is 24.5. The normalized spacial score (nSPS) is 17.9. The summed E-state index contributed by atoms with van der Waals surface area (Å²) in [6.45, 7) is 0.685. The van der Waals surface area contributed by atoms with E-state index in [-0.39, 0.29) is 0 Å². The third-order valence-corrected chi connectivity index (χ3v) is 10.3. The number of fused-ring (bicyclic) bond motifs is 7. The maximum absolute atomic E-state index is 6.53. The van der Waals surface area contributed by atoms with Crippen molar-refractivity contribution in [1.29, 1.82) is 0 Å². The summed E-state index contributed by atoms with van der Waals surface area (Å²) in [6.07, 6.45) is 5.48. The lowest BCUT2D eigenvalue weighted by molar-refractivity contribution is 0.318. The van der Waals surface area contributed by atoms with Crippen molar-refractivity contribution in [3.05, 3.63) is 100 Å². The molecule has 2 aliphatic heterocycles. The molecule has 1 aromatic heterocycles. The second-order valence-corrected chi connectivity index (χ2v) is 13.0. The van der Waals surface area contributed by atoms with Gasteiger partial charge in [-0.3, -0.25) is 0 Å². The van der Waals surface area contributed by atoms with Crippen LogP contribution in [0.5, 0.6) is 5.75 Å². The van der Waals surface area contributed by atoms with Crippen LogP contribution in [-0.2, 0) is 12.8 Å². The molecule has 2 bridgehead atoms. The fourth-order valence-electron chi connectivity index (χ4n) is 5.97. The number of benzene rings is 4. The lowest BCUT2D eigenvalue weighted by Crippen LogP contribution is -2.07. The summed E-state index contributed by atoms with van der Waals surface area (Å²) in [5.74, 6) is 2.10. The van der Waals surface area contributed by atoms with Crippen molar-refractivity contribution in [1.82, 2.24) is 10.3 Å². The van der Waals surface area contributed by atoms with Crippen LogP contribution in [0.2, 0.25) is 5.02 Å². The Bertz CT molecular complexity index is 1630. The van der Waals surface area contributed by atoms with Crippen LogP contribution in [-0.4, -0.2) is 17.3 Å². The number of ether oxygens (including phenoxy) is 1. The molecule has 3 heterocycles. The summed E-state index contributed by atoms with van der Waals surface area (Å²) in [4.78, 5) is 4.76. The van der Waals surface area contributed by atoms with Crippen molar-refractivity contribution >= 4 is 55.7 Å². The van der Waals surface area contributed by atoms with Crippen LogP contribution in [0.1, 0.15) is 53.6 Å². The van der Waals surface area contributed by atoms with Crippen molar-refractivity contribution in [2.24, 2.45) is 0 Å². The molecule has 0 unspecified atom stereocenters. The summed E-state index contributed by atoms with van der Waals surface area (Å²) in [5, 5.41) is 7.14.